The molecule has 8 heteroatoms. The van der Waals surface area contributed by atoms with Crippen molar-refractivity contribution in [3.63, 3.8) is 0 Å². The van der Waals surface area contributed by atoms with Gasteiger partial charge in [0.1, 0.15) is 5.75 Å². The Bertz CT molecular complexity index is 1560. The predicted molar refractivity (Wildman–Crippen MR) is 138 cm³/mol. The summed E-state index contributed by atoms with van der Waals surface area (Å²) in [6.07, 6.45) is 0. The third kappa shape index (κ3) is 4.20. The maximum absolute atomic E-state index is 13.2. The van der Waals surface area contributed by atoms with Gasteiger partial charge in [-0.05, 0) is 41.8 Å². The molecule has 4 aromatic carbocycles. The van der Waals surface area contributed by atoms with Crippen LogP contribution in [0.3, 0.4) is 0 Å². The number of anilines is 1. The summed E-state index contributed by atoms with van der Waals surface area (Å²) in [6.45, 7) is 0. The number of rotatable bonds is 7. The van der Waals surface area contributed by atoms with E-state index in [1.165, 1.54) is 0 Å². The molecule has 1 heterocycles. The summed E-state index contributed by atoms with van der Waals surface area (Å²) < 4.78 is 17.9. The van der Waals surface area contributed by atoms with Gasteiger partial charge in [0.15, 0.2) is 17.3 Å². The van der Waals surface area contributed by atoms with Gasteiger partial charge in [0.25, 0.3) is 5.91 Å². The van der Waals surface area contributed by atoms with Crippen LogP contribution >= 0.6 is 0 Å². The van der Waals surface area contributed by atoms with E-state index in [0.717, 1.165) is 16.5 Å². The van der Waals surface area contributed by atoms with E-state index in [4.69, 9.17) is 14.2 Å². The molecule has 0 aliphatic rings. The normalized spacial score (nSPS) is 10.8. The highest BCUT2D eigenvalue weighted by molar-refractivity contribution is 6.03. The van der Waals surface area contributed by atoms with E-state index < -0.39 is 5.91 Å². The Hall–Kier alpha value is -4.85. The molecule has 5 aromatic rings. The van der Waals surface area contributed by atoms with Crippen LogP contribution in [0.25, 0.3) is 27.8 Å². The van der Waals surface area contributed by atoms with E-state index in [2.05, 4.69) is 15.4 Å². The molecule has 0 fully saturated rings. The minimum absolute atomic E-state index is 0.0126. The van der Waals surface area contributed by atoms with Crippen molar-refractivity contribution in [1.29, 1.82) is 0 Å². The number of para-hydroxylation sites is 2. The molecule has 180 valence electrons. The highest BCUT2D eigenvalue weighted by Gasteiger charge is 2.22. The van der Waals surface area contributed by atoms with Gasteiger partial charge in [-0.15, -0.1) is 5.10 Å². The third-order valence-electron chi connectivity index (χ3n) is 5.80. The lowest BCUT2D eigenvalue weighted by molar-refractivity contribution is 0.101. The summed E-state index contributed by atoms with van der Waals surface area (Å²) in [6, 6.07) is 26.6. The van der Waals surface area contributed by atoms with Crippen molar-refractivity contribution in [2.75, 3.05) is 26.6 Å². The van der Waals surface area contributed by atoms with Crippen LogP contribution in [0.4, 0.5) is 5.69 Å². The fourth-order valence-electron chi connectivity index (χ4n) is 4.06. The summed E-state index contributed by atoms with van der Waals surface area (Å²) >= 11 is 0. The predicted octanol–water partition coefficient (Wildman–Crippen LogP) is 5.37. The lowest BCUT2D eigenvalue weighted by Crippen LogP contribution is -2.15. The number of methoxy groups -OCH3 is 3. The van der Waals surface area contributed by atoms with Gasteiger partial charge in [-0.25, -0.2) is 9.67 Å². The quantitative estimate of drug-likeness (QED) is 0.337. The maximum Gasteiger partial charge on any atom is 0.295 e. The SMILES string of the molecule is COc1ccccc1NC(=O)c1nc(-c2ccc(OC)c(OC)c2)n(-c2cccc3ccccc23)n1. The molecule has 0 unspecified atom stereocenters. The van der Waals surface area contributed by atoms with Crippen LogP contribution in [-0.2, 0) is 0 Å². The van der Waals surface area contributed by atoms with Gasteiger partial charge in [-0.3, -0.25) is 4.79 Å². The lowest BCUT2D eigenvalue weighted by Gasteiger charge is -2.12. The highest BCUT2D eigenvalue weighted by Crippen LogP contribution is 2.34. The minimum Gasteiger partial charge on any atom is -0.495 e. The number of nitrogens with one attached hydrogen (secondary N) is 1. The standard InChI is InChI=1S/C28H24N4O4/c1-34-23-14-7-6-12-21(23)29-28(33)26-30-27(19-15-16-24(35-2)25(17-19)36-3)32(31-26)22-13-8-10-18-9-4-5-11-20(18)22/h4-17H,1-3H3,(H,29,33). The summed E-state index contributed by atoms with van der Waals surface area (Å²) in [5.41, 5.74) is 2.03. The monoisotopic (exact) mass is 480 g/mol. The van der Waals surface area contributed by atoms with Crippen LogP contribution < -0.4 is 19.5 Å². The second kappa shape index (κ2) is 9.79. The number of carbonyl (C=O) groups excluding carboxylic acids is 1. The van der Waals surface area contributed by atoms with Crippen molar-refractivity contribution >= 4 is 22.4 Å². The first-order chi connectivity index (χ1) is 17.6. The van der Waals surface area contributed by atoms with E-state index in [1.54, 1.807) is 44.2 Å². The Morgan fingerprint density at radius 1 is 0.778 bits per heavy atom. The van der Waals surface area contributed by atoms with Gasteiger partial charge in [0.2, 0.25) is 5.82 Å². The molecule has 0 saturated heterocycles. The molecule has 1 N–H and O–H groups in total. The molecule has 36 heavy (non-hydrogen) atoms. The Labute approximate surface area is 208 Å². The first kappa shape index (κ1) is 22.9. The van der Waals surface area contributed by atoms with E-state index in [0.29, 0.717) is 34.3 Å². The molecule has 8 nitrogen and oxygen atoms in total. The number of ether oxygens (including phenoxy) is 3. The molecule has 0 saturated carbocycles. The van der Waals surface area contributed by atoms with Crippen molar-refractivity contribution in [1.82, 2.24) is 14.8 Å². The Morgan fingerprint density at radius 3 is 2.31 bits per heavy atom. The molecule has 0 aliphatic carbocycles. The summed E-state index contributed by atoms with van der Waals surface area (Å²) in [4.78, 5) is 17.9. The van der Waals surface area contributed by atoms with E-state index in [-0.39, 0.29) is 5.82 Å². The number of hydrogen-bond donors (Lipinski definition) is 1. The van der Waals surface area contributed by atoms with Crippen molar-refractivity contribution in [3.05, 3.63) is 90.8 Å². The second-order valence-electron chi connectivity index (χ2n) is 7.89. The van der Waals surface area contributed by atoms with E-state index in [9.17, 15) is 4.79 Å². The zero-order valence-electron chi connectivity index (χ0n) is 20.1. The molecule has 0 aliphatic heterocycles. The zero-order chi connectivity index (χ0) is 25.1. The van der Waals surface area contributed by atoms with Gasteiger partial charge < -0.3 is 19.5 Å². The first-order valence-electron chi connectivity index (χ1n) is 11.2. The smallest absolute Gasteiger partial charge is 0.295 e. The second-order valence-corrected chi connectivity index (χ2v) is 7.89. The Kier molecular flexibility index (Phi) is 6.23. The Balaban J connectivity index is 1.66. The van der Waals surface area contributed by atoms with E-state index >= 15 is 0 Å². The van der Waals surface area contributed by atoms with Crippen molar-refractivity contribution in [2.45, 2.75) is 0 Å². The number of nitrogens with zero attached hydrogens (tertiary/aromatic N) is 3. The number of hydrogen-bond acceptors (Lipinski definition) is 6. The van der Waals surface area contributed by atoms with Gasteiger partial charge in [0.05, 0.1) is 32.7 Å². The third-order valence-corrected chi connectivity index (χ3v) is 5.80. The fraction of sp³-hybridized carbons (Fsp3) is 0.107. The van der Waals surface area contributed by atoms with Gasteiger partial charge >= 0.3 is 0 Å². The molecular weight excluding hydrogens is 456 g/mol. The summed E-state index contributed by atoms with van der Waals surface area (Å²) in [5.74, 6) is 1.71. The topological polar surface area (TPSA) is 87.5 Å². The van der Waals surface area contributed by atoms with Crippen LogP contribution in [0.5, 0.6) is 17.2 Å². The molecule has 1 aromatic heterocycles. The van der Waals surface area contributed by atoms with Crippen molar-refractivity contribution in [3.8, 4) is 34.3 Å². The number of carbonyl (C=O) groups is 1. The largest absolute Gasteiger partial charge is 0.495 e. The fourth-order valence-corrected chi connectivity index (χ4v) is 4.06. The van der Waals surface area contributed by atoms with Gasteiger partial charge in [-0.2, -0.15) is 0 Å². The average Bonchev–Trinajstić information content (AvgIpc) is 3.38. The molecular formula is C28H24N4O4. The number of fused-ring (bicyclic) bond motifs is 1. The van der Waals surface area contributed by atoms with Crippen molar-refractivity contribution < 1.29 is 19.0 Å². The molecule has 0 atom stereocenters. The molecule has 0 spiro atoms. The molecule has 0 bridgehead atoms. The lowest BCUT2D eigenvalue weighted by atomic mass is 10.1. The molecule has 1 amide bonds. The van der Waals surface area contributed by atoms with Crippen LogP contribution in [-0.4, -0.2) is 42.0 Å². The molecule has 5 rings (SSSR count). The maximum atomic E-state index is 13.2. The number of benzene rings is 4. The zero-order valence-corrected chi connectivity index (χ0v) is 20.1. The van der Waals surface area contributed by atoms with Crippen LogP contribution in [0.1, 0.15) is 10.6 Å². The summed E-state index contributed by atoms with van der Waals surface area (Å²) in [7, 11) is 4.70. The van der Waals surface area contributed by atoms with E-state index in [1.807, 2.05) is 66.7 Å². The van der Waals surface area contributed by atoms with Crippen molar-refractivity contribution in [2.24, 2.45) is 0 Å². The van der Waals surface area contributed by atoms with Crippen LogP contribution in [0.15, 0.2) is 84.9 Å². The number of amides is 1. The summed E-state index contributed by atoms with van der Waals surface area (Å²) in [5, 5.41) is 9.51. The Morgan fingerprint density at radius 2 is 1.50 bits per heavy atom. The van der Waals surface area contributed by atoms with Gasteiger partial charge in [0, 0.05) is 10.9 Å². The van der Waals surface area contributed by atoms with Crippen LogP contribution in [0, 0.1) is 0 Å². The first-order valence-corrected chi connectivity index (χ1v) is 11.2. The van der Waals surface area contributed by atoms with Crippen LogP contribution in [0.2, 0.25) is 0 Å². The molecule has 0 radical (unpaired) electrons. The highest BCUT2D eigenvalue weighted by atomic mass is 16.5. The minimum atomic E-state index is -0.458. The number of aromatic nitrogens is 3. The average molecular weight is 481 g/mol. The van der Waals surface area contributed by atoms with Gasteiger partial charge in [-0.1, -0.05) is 48.5 Å².